The molecule has 4 nitrogen and oxygen atoms in total. The third-order valence-corrected chi connectivity index (χ3v) is 3.34. The quantitative estimate of drug-likeness (QED) is 0.794. The molecule has 0 aliphatic carbocycles. The molecule has 0 bridgehead atoms. The van der Waals surface area contributed by atoms with E-state index in [-0.39, 0.29) is 0 Å². The zero-order chi connectivity index (χ0) is 13.3. The number of hydrogen-bond donors (Lipinski definition) is 1. The minimum atomic E-state index is 0.560. The minimum Gasteiger partial charge on any atom is -0.494 e. The van der Waals surface area contributed by atoms with Gasteiger partial charge in [0.05, 0.1) is 13.2 Å². The summed E-state index contributed by atoms with van der Waals surface area (Å²) in [6.07, 6.45) is 2.19. The Morgan fingerprint density at radius 2 is 2.21 bits per heavy atom. The van der Waals surface area contributed by atoms with Crippen molar-refractivity contribution in [2.24, 2.45) is 5.73 Å². The van der Waals surface area contributed by atoms with E-state index in [0.29, 0.717) is 6.54 Å². The molecule has 0 aromatic heterocycles. The second kappa shape index (κ2) is 8.15. The number of hydrogen-bond acceptors (Lipinski definition) is 4. The molecule has 1 saturated heterocycles. The first-order valence-electron chi connectivity index (χ1n) is 7.10. The number of nitrogens with two attached hydrogens (primary N) is 1. The highest BCUT2D eigenvalue weighted by atomic mass is 16.5. The molecule has 1 fully saturated rings. The van der Waals surface area contributed by atoms with Gasteiger partial charge in [0.15, 0.2) is 0 Å². The Morgan fingerprint density at radius 1 is 1.26 bits per heavy atom. The summed E-state index contributed by atoms with van der Waals surface area (Å²) in [5.74, 6) is 0.919. The van der Waals surface area contributed by atoms with Gasteiger partial charge in [-0.25, -0.2) is 0 Å². The fourth-order valence-corrected chi connectivity index (χ4v) is 2.26. The zero-order valence-electron chi connectivity index (χ0n) is 11.5. The molecule has 0 amide bonds. The Kier molecular flexibility index (Phi) is 6.14. The smallest absolute Gasteiger partial charge is 0.119 e. The van der Waals surface area contributed by atoms with E-state index in [9.17, 15) is 0 Å². The van der Waals surface area contributed by atoms with Crippen LogP contribution in [0.1, 0.15) is 18.4 Å². The van der Waals surface area contributed by atoms with Crippen molar-refractivity contribution in [1.82, 2.24) is 4.90 Å². The normalized spacial score (nSPS) is 17.1. The molecule has 0 saturated carbocycles. The summed E-state index contributed by atoms with van der Waals surface area (Å²) in [7, 11) is 0. The largest absolute Gasteiger partial charge is 0.494 e. The van der Waals surface area contributed by atoms with Gasteiger partial charge in [0.2, 0.25) is 0 Å². The van der Waals surface area contributed by atoms with Crippen LogP contribution in [0.4, 0.5) is 0 Å². The van der Waals surface area contributed by atoms with Crippen molar-refractivity contribution in [2.45, 2.75) is 19.4 Å². The van der Waals surface area contributed by atoms with Gasteiger partial charge in [-0.3, -0.25) is 0 Å². The molecule has 0 spiro atoms. The van der Waals surface area contributed by atoms with E-state index in [0.717, 1.165) is 63.6 Å². The minimum absolute atomic E-state index is 0.560. The highest BCUT2D eigenvalue weighted by Gasteiger charge is 2.08. The van der Waals surface area contributed by atoms with E-state index in [1.54, 1.807) is 0 Å². The molecule has 2 rings (SSSR count). The average molecular weight is 264 g/mol. The molecule has 1 heterocycles. The van der Waals surface area contributed by atoms with Gasteiger partial charge >= 0.3 is 0 Å². The maximum atomic E-state index is 5.76. The van der Waals surface area contributed by atoms with Gasteiger partial charge in [-0.2, -0.15) is 0 Å². The molecular formula is C15H24N2O2. The Hall–Kier alpha value is -1.10. The van der Waals surface area contributed by atoms with Gasteiger partial charge < -0.3 is 20.1 Å². The van der Waals surface area contributed by atoms with E-state index in [1.165, 1.54) is 0 Å². The SMILES string of the molecule is NCc1cccc(OCCCN2CCCOCC2)c1. The van der Waals surface area contributed by atoms with E-state index < -0.39 is 0 Å². The number of ether oxygens (including phenoxy) is 2. The first kappa shape index (κ1) is 14.3. The number of rotatable bonds is 6. The summed E-state index contributed by atoms with van der Waals surface area (Å²) in [6.45, 7) is 6.35. The molecule has 0 radical (unpaired) electrons. The van der Waals surface area contributed by atoms with Crippen LogP contribution in [0.15, 0.2) is 24.3 Å². The lowest BCUT2D eigenvalue weighted by Crippen LogP contribution is -2.28. The predicted octanol–water partition coefficient (Wildman–Crippen LogP) is 1.64. The Labute approximate surface area is 115 Å². The second-order valence-electron chi connectivity index (χ2n) is 4.86. The summed E-state index contributed by atoms with van der Waals surface area (Å²) in [6, 6.07) is 8.01. The number of nitrogens with zero attached hydrogens (tertiary/aromatic N) is 1. The Morgan fingerprint density at radius 3 is 3.11 bits per heavy atom. The molecule has 106 valence electrons. The van der Waals surface area contributed by atoms with Gasteiger partial charge in [-0.15, -0.1) is 0 Å². The van der Waals surface area contributed by atoms with Gasteiger partial charge in [-0.05, 0) is 30.5 Å². The van der Waals surface area contributed by atoms with E-state index >= 15 is 0 Å². The van der Waals surface area contributed by atoms with Crippen LogP contribution in [0.5, 0.6) is 5.75 Å². The van der Waals surface area contributed by atoms with Crippen LogP contribution in [-0.2, 0) is 11.3 Å². The summed E-state index contributed by atoms with van der Waals surface area (Å²) < 4.78 is 11.2. The lowest BCUT2D eigenvalue weighted by atomic mass is 10.2. The standard InChI is InChI=1S/C15H24N2O2/c16-13-14-4-1-5-15(12-14)19-10-3-7-17-6-2-9-18-11-8-17/h1,4-5,12H,2-3,6-11,13,16H2. The molecule has 0 atom stereocenters. The maximum Gasteiger partial charge on any atom is 0.119 e. The van der Waals surface area contributed by atoms with Crippen LogP contribution < -0.4 is 10.5 Å². The van der Waals surface area contributed by atoms with Gasteiger partial charge in [0.25, 0.3) is 0 Å². The van der Waals surface area contributed by atoms with Crippen molar-refractivity contribution >= 4 is 0 Å². The Balaban J connectivity index is 1.65. The highest BCUT2D eigenvalue weighted by Crippen LogP contribution is 2.13. The average Bonchev–Trinajstić information content (AvgIpc) is 2.72. The molecular weight excluding hydrogens is 240 g/mol. The van der Waals surface area contributed by atoms with Crippen LogP contribution in [0.2, 0.25) is 0 Å². The fourth-order valence-electron chi connectivity index (χ4n) is 2.26. The van der Waals surface area contributed by atoms with Crippen molar-refractivity contribution in [2.75, 3.05) is 39.5 Å². The van der Waals surface area contributed by atoms with E-state index in [4.69, 9.17) is 15.2 Å². The molecule has 1 aliphatic heterocycles. The lowest BCUT2D eigenvalue weighted by Gasteiger charge is -2.18. The molecule has 2 N–H and O–H groups in total. The monoisotopic (exact) mass is 264 g/mol. The van der Waals surface area contributed by atoms with E-state index in [1.807, 2.05) is 24.3 Å². The Bertz CT molecular complexity index is 363. The van der Waals surface area contributed by atoms with Crippen LogP contribution in [0, 0.1) is 0 Å². The first-order valence-corrected chi connectivity index (χ1v) is 7.10. The summed E-state index contributed by atoms with van der Waals surface area (Å²) >= 11 is 0. The van der Waals surface area contributed by atoms with Crippen LogP contribution in [0.25, 0.3) is 0 Å². The van der Waals surface area contributed by atoms with Gasteiger partial charge in [-0.1, -0.05) is 12.1 Å². The zero-order valence-corrected chi connectivity index (χ0v) is 11.5. The molecule has 4 heteroatoms. The van der Waals surface area contributed by atoms with Crippen LogP contribution in [0.3, 0.4) is 0 Å². The molecule has 1 aromatic rings. The van der Waals surface area contributed by atoms with Gasteiger partial charge in [0.1, 0.15) is 5.75 Å². The first-order chi connectivity index (χ1) is 9.38. The molecule has 1 aromatic carbocycles. The summed E-state index contributed by atoms with van der Waals surface area (Å²) in [5.41, 5.74) is 6.72. The van der Waals surface area contributed by atoms with Crippen molar-refractivity contribution in [3.8, 4) is 5.75 Å². The molecule has 1 aliphatic rings. The topological polar surface area (TPSA) is 47.7 Å². The second-order valence-corrected chi connectivity index (χ2v) is 4.86. The van der Waals surface area contributed by atoms with Gasteiger partial charge in [0, 0.05) is 32.8 Å². The van der Waals surface area contributed by atoms with Crippen molar-refractivity contribution in [3.63, 3.8) is 0 Å². The maximum absolute atomic E-state index is 5.76. The predicted molar refractivity (Wildman–Crippen MR) is 76.3 cm³/mol. The molecule has 0 unspecified atom stereocenters. The molecule has 19 heavy (non-hydrogen) atoms. The summed E-state index contributed by atoms with van der Waals surface area (Å²) in [4.78, 5) is 2.45. The van der Waals surface area contributed by atoms with Crippen molar-refractivity contribution < 1.29 is 9.47 Å². The third-order valence-electron chi connectivity index (χ3n) is 3.34. The lowest BCUT2D eigenvalue weighted by molar-refractivity contribution is 0.140. The van der Waals surface area contributed by atoms with E-state index in [2.05, 4.69) is 4.90 Å². The van der Waals surface area contributed by atoms with Crippen LogP contribution >= 0.6 is 0 Å². The van der Waals surface area contributed by atoms with Crippen LogP contribution in [-0.4, -0.2) is 44.4 Å². The third kappa shape index (κ3) is 5.19. The van der Waals surface area contributed by atoms with Crippen molar-refractivity contribution in [3.05, 3.63) is 29.8 Å². The van der Waals surface area contributed by atoms with Crippen molar-refractivity contribution in [1.29, 1.82) is 0 Å². The summed E-state index contributed by atoms with van der Waals surface area (Å²) in [5, 5.41) is 0. The number of benzene rings is 1. The highest BCUT2D eigenvalue weighted by molar-refractivity contribution is 5.28. The fraction of sp³-hybridized carbons (Fsp3) is 0.600.